The average Bonchev–Trinajstić information content (AvgIpc) is 2.87. The van der Waals surface area contributed by atoms with E-state index in [-0.39, 0.29) is 6.61 Å². The summed E-state index contributed by atoms with van der Waals surface area (Å²) in [6, 6.07) is 7.26. The van der Waals surface area contributed by atoms with Gasteiger partial charge in [0.25, 0.3) is 0 Å². The Morgan fingerprint density at radius 2 is 2.14 bits per heavy atom. The van der Waals surface area contributed by atoms with Crippen molar-refractivity contribution < 1.29 is 9.84 Å². The van der Waals surface area contributed by atoms with Crippen molar-refractivity contribution in [2.45, 2.75) is 26.1 Å². The van der Waals surface area contributed by atoms with Crippen LogP contribution < -0.4 is 4.74 Å². The predicted octanol–water partition coefficient (Wildman–Crippen LogP) is 1.50. The summed E-state index contributed by atoms with van der Waals surface area (Å²) >= 11 is 6.02. The Labute approximate surface area is 134 Å². The summed E-state index contributed by atoms with van der Waals surface area (Å²) in [6.45, 7) is 5.13. The van der Waals surface area contributed by atoms with Crippen LogP contribution in [0.5, 0.6) is 5.75 Å². The Morgan fingerprint density at radius 1 is 1.32 bits per heavy atom. The maximum absolute atomic E-state index is 10.2. The Hall–Kier alpha value is -1.63. The van der Waals surface area contributed by atoms with Crippen LogP contribution in [0.25, 0.3) is 0 Å². The Morgan fingerprint density at radius 3 is 2.95 bits per heavy atom. The molecule has 22 heavy (non-hydrogen) atoms. The number of ether oxygens (including phenoxy) is 1. The van der Waals surface area contributed by atoms with Gasteiger partial charge in [0.1, 0.15) is 30.1 Å². The molecule has 0 saturated carbocycles. The minimum Gasteiger partial charge on any atom is -0.489 e. The van der Waals surface area contributed by atoms with Crippen LogP contribution in [-0.2, 0) is 13.1 Å². The number of fused-ring (bicyclic) bond motifs is 1. The van der Waals surface area contributed by atoms with Crippen molar-refractivity contribution in [3.8, 4) is 5.75 Å². The third-order valence-corrected chi connectivity index (χ3v) is 4.07. The molecule has 1 N–H and O–H groups in total. The summed E-state index contributed by atoms with van der Waals surface area (Å²) in [6.07, 6.45) is -0.577. The van der Waals surface area contributed by atoms with Gasteiger partial charge in [0.05, 0.1) is 11.6 Å². The summed E-state index contributed by atoms with van der Waals surface area (Å²) in [7, 11) is 0. The fraction of sp³-hybridized carbons (Fsp3) is 0.467. The number of β-amino-alcohol motifs (C(OH)–C–C–N with tert-alkyl or cyclic N) is 1. The lowest BCUT2D eigenvalue weighted by atomic mass is 10.3. The second kappa shape index (κ2) is 6.64. The molecule has 0 aliphatic carbocycles. The number of aliphatic hydroxyl groups excluding tert-OH is 1. The first-order valence-corrected chi connectivity index (χ1v) is 7.67. The quantitative estimate of drug-likeness (QED) is 0.903. The van der Waals surface area contributed by atoms with Gasteiger partial charge in [-0.15, -0.1) is 10.2 Å². The third-order valence-electron chi connectivity index (χ3n) is 3.75. The first kappa shape index (κ1) is 15.3. The number of aryl methyl sites for hydroxylation is 1. The Bertz CT molecular complexity index is 646. The molecule has 118 valence electrons. The SMILES string of the molecule is Cc1nnc2n1CCN(CC(O)COc1ccccc1Cl)C2. The van der Waals surface area contributed by atoms with E-state index in [1.807, 2.05) is 19.1 Å². The highest BCUT2D eigenvalue weighted by Crippen LogP contribution is 2.23. The first-order valence-electron chi connectivity index (χ1n) is 7.30. The van der Waals surface area contributed by atoms with Crippen molar-refractivity contribution in [1.82, 2.24) is 19.7 Å². The largest absolute Gasteiger partial charge is 0.489 e. The highest BCUT2D eigenvalue weighted by atomic mass is 35.5. The fourth-order valence-electron chi connectivity index (χ4n) is 2.61. The Balaban J connectivity index is 1.50. The molecule has 1 aliphatic heterocycles. The maximum Gasteiger partial charge on any atom is 0.147 e. The number of hydrogen-bond donors (Lipinski definition) is 1. The van der Waals surface area contributed by atoms with Gasteiger partial charge in [0.2, 0.25) is 0 Å². The predicted molar refractivity (Wildman–Crippen MR) is 83.0 cm³/mol. The zero-order valence-corrected chi connectivity index (χ0v) is 13.2. The van der Waals surface area contributed by atoms with Gasteiger partial charge in [-0.05, 0) is 19.1 Å². The molecule has 7 heteroatoms. The van der Waals surface area contributed by atoms with E-state index in [1.54, 1.807) is 12.1 Å². The van der Waals surface area contributed by atoms with Crippen LogP contribution in [0.15, 0.2) is 24.3 Å². The smallest absolute Gasteiger partial charge is 0.147 e. The fourth-order valence-corrected chi connectivity index (χ4v) is 2.80. The van der Waals surface area contributed by atoms with Crippen LogP contribution in [-0.4, -0.2) is 50.6 Å². The van der Waals surface area contributed by atoms with E-state index in [0.29, 0.717) is 23.9 Å². The molecule has 0 bridgehead atoms. The molecule has 0 radical (unpaired) electrons. The maximum atomic E-state index is 10.2. The highest BCUT2D eigenvalue weighted by Gasteiger charge is 2.21. The highest BCUT2D eigenvalue weighted by molar-refractivity contribution is 6.32. The molecule has 1 aromatic heterocycles. The number of aliphatic hydroxyl groups is 1. The number of nitrogens with zero attached hydrogens (tertiary/aromatic N) is 4. The van der Waals surface area contributed by atoms with Crippen molar-refractivity contribution in [2.24, 2.45) is 0 Å². The number of halogens is 1. The minimum absolute atomic E-state index is 0.214. The van der Waals surface area contributed by atoms with Gasteiger partial charge >= 0.3 is 0 Å². The minimum atomic E-state index is -0.577. The monoisotopic (exact) mass is 322 g/mol. The molecule has 1 aromatic carbocycles. The molecule has 2 aromatic rings. The molecule has 3 rings (SSSR count). The van der Waals surface area contributed by atoms with Gasteiger partial charge in [-0.3, -0.25) is 4.90 Å². The molecule has 1 unspecified atom stereocenters. The normalized spacial score (nSPS) is 16.3. The van der Waals surface area contributed by atoms with Gasteiger partial charge in [0.15, 0.2) is 0 Å². The van der Waals surface area contributed by atoms with E-state index < -0.39 is 6.10 Å². The van der Waals surface area contributed by atoms with Crippen LogP contribution in [0.1, 0.15) is 11.6 Å². The molecular formula is C15H19ClN4O2. The van der Waals surface area contributed by atoms with Gasteiger partial charge in [-0.25, -0.2) is 0 Å². The topological polar surface area (TPSA) is 63.4 Å². The van der Waals surface area contributed by atoms with Crippen molar-refractivity contribution in [3.63, 3.8) is 0 Å². The number of benzene rings is 1. The summed E-state index contributed by atoms with van der Waals surface area (Å²) in [5.41, 5.74) is 0. The zero-order valence-electron chi connectivity index (χ0n) is 12.4. The lowest BCUT2D eigenvalue weighted by Crippen LogP contribution is -2.40. The van der Waals surface area contributed by atoms with Gasteiger partial charge in [-0.2, -0.15) is 0 Å². The molecule has 0 amide bonds. The number of aromatic nitrogens is 3. The summed E-state index contributed by atoms with van der Waals surface area (Å²) in [5.74, 6) is 2.48. The molecule has 6 nitrogen and oxygen atoms in total. The second-order valence-corrected chi connectivity index (χ2v) is 5.85. The van der Waals surface area contributed by atoms with Crippen molar-refractivity contribution in [2.75, 3.05) is 19.7 Å². The van der Waals surface area contributed by atoms with E-state index in [4.69, 9.17) is 16.3 Å². The van der Waals surface area contributed by atoms with Crippen molar-refractivity contribution in [1.29, 1.82) is 0 Å². The van der Waals surface area contributed by atoms with Crippen molar-refractivity contribution >= 4 is 11.6 Å². The van der Waals surface area contributed by atoms with Gasteiger partial charge in [0, 0.05) is 19.6 Å². The van der Waals surface area contributed by atoms with E-state index in [9.17, 15) is 5.11 Å². The summed E-state index contributed by atoms with van der Waals surface area (Å²) < 4.78 is 7.69. The lowest BCUT2D eigenvalue weighted by molar-refractivity contribution is 0.0582. The summed E-state index contributed by atoms with van der Waals surface area (Å²) in [5, 5.41) is 18.9. The van der Waals surface area contributed by atoms with E-state index in [0.717, 1.165) is 24.7 Å². The van der Waals surface area contributed by atoms with Gasteiger partial charge < -0.3 is 14.4 Å². The van der Waals surface area contributed by atoms with E-state index >= 15 is 0 Å². The second-order valence-electron chi connectivity index (χ2n) is 5.45. The van der Waals surface area contributed by atoms with Crippen LogP contribution in [0.3, 0.4) is 0 Å². The van der Waals surface area contributed by atoms with E-state index in [2.05, 4.69) is 19.7 Å². The summed E-state index contributed by atoms with van der Waals surface area (Å²) in [4.78, 5) is 2.16. The molecule has 2 heterocycles. The van der Waals surface area contributed by atoms with E-state index in [1.165, 1.54) is 0 Å². The number of hydrogen-bond acceptors (Lipinski definition) is 5. The molecule has 0 fully saturated rings. The molecular weight excluding hydrogens is 304 g/mol. The first-order chi connectivity index (χ1) is 10.6. The standard InChI is InChI=1S/C15H19ClN4O2/c1-11-17-18-15-9-19(6-7-20(11)15)8-12(21)10-22-14-5-3-2-4-13(14)16/h2-5,12,21H,6-10H2,1H3. The lowest BCUT2D eigenvalue weighted by Gasteiger charge is -2.29. The van der Waals surface area contributed by atoms with Crippen LogP contribution >= 0.6 is 11.6 Å². The molecule has 1 aliphatic rings. The van der Waals surface area contributed by atoms with Crippen LogP contribution in [0.4, 0.5) is 0 Å². The number of para-hydroxylation sites is 1. The Kier molecular flexibility index (Phi) is 4.61. The molecule has 0 spiro atoms. The van der Waals surface area contributed by atoms with Crippen LogP contribution in [0.2, 0.25) is 5.02 Å². The van der Waals surface area contributed by atoms with Crippen LogP contribution in [0, 0.1) is 6.92 Å². The number of rotatable bonds is 5. The average molecular weight is 323 g/mol. The van der Waals surface area contributed by atoms with Crippen molar-refractivity contribution in [3.05, 3.63) is 40.9 Å². The zero-order chi connectivity index (χ0) is 15.5. The van der Waals surface area contributed by atoms with Gasteiger partial charge in [-0.1, -0.05) is 23.7 Å². The molecule has 1 atom stereocenters. The molecule has 0 saturated heterocycles. The third kappa shape index (κ3) is 3.40.